The van der Waals surface area contributed by atoms with Crippen LogP contribution >= 0.6 is 11.3 Å². The maximum absolute atomic E-state index is 12.6. The molecule has 2 aromatic rings. The summed E-state index contributed by atoms with van der Waals surface area (Å²) in [5.41, 5.74) is 7.10. The van der Waals surface area contributed by atoms with Crippen LogP contribution in [0.25, 0.3) is 5.41 Å². The van der Waals surface area contributed by atoms with E-state index < -0.39 is 0 Å². The van der Waals surface area contributed by atoms with Crippen molar-refractivity contribution in [2.45, 2.75) is 47.1 Å². The van der Waals surface area contributed by atoms with Crippen molar-refractivity contribution in [2.75, 3.05) is 14.1 Å². The topological polar surface area (TPSA) is 115 Å². The molecule has 1 aromatic heterocycles. The second-order valence-corrected chi connectivity index (χ2v) is 10.1. The third-order valence-electron chi connectivity index (χ3n) is 4.98. The number of phenolic OH excluding ortho intramolecular Hbond substituents is 1. The van der Waals surface area contributed by atoms with Crippen LogP contribution in [0.1, 0.15) is 59.4 Å². The van der Waals surface area contributed by atoms with Crippen LogP contribution in [0.3, 0.4) is 0 Å². The molecule has 0 saturated heterocycles. The van der Waals surface area contributed by atoms with Crippen LogP contribution in [0.4, 0.5) is 5.69 Å². The number of nitrogens with one attached hydrogen (secondary N) is 2. The summed E-state index contributed by atoms with van der Waals surface area (Å²) in [5.74, 6) is -0.783. The largest absolute Gasteiger partial charge is 0.503 e. The van der Waals surface area contributed by atoms with Gasteiger partial charge in [0.1, 0.15) is 0 Å². The van der Waals surface area contributed by atoms with Gasteiger partial charge in [0.2, 0.25) is 0 Å². The first-order valence-electron chi connectivity index (χ1n) is 10.2. The van der Waals surface area contributed by atoms with Crippen molar-refractivity contribution < 1.29 is 14.9 Å². The fraction of sp³-hybridized carbons (Fsp3) is 0.435. The van der Waals surface area contributed by atoms with E-state index in [2.05, 4.69) is 31.1 Å². The number of hydrogen-bond donors (Lipinski definition) is 4. The lowest BCUT2D eigenvalue weighted by Gasteiger charge is -2.36. The number of aromatic hydroxyl groups is 1. The van der Waals surface area contributed by atoms with E-state index in [0.29, 0.717) is 6.42 Å². The second kappa shape index (κ2) is 9.51. The average molecular weight is 444 g/mol. The van der Waals surface area contributed by atoms with Crippen molar-refractivity contribution in [1.82, 2.24) is 10.2 Å². The Labute approximate surface area is 188 Å². The molecule has 0 radical (unpaired) electrons. The third kappa shape index (κ3) is 5.64. The molecule has 0 spiro atoms. The van der Waals surface area contributed by atoms with Gasteiger partial charge >= 0.3 is 0 Å². The number of nitrogens with two attached hydrogens (primary N) is 1. The van der Waals surface area contributed by atoms with E-state index in [4.69, 9.17) is 5.73 Å². The van der Waals surface area contributed by atoms with Gasteiger partial charge in [0.05, 0.1) is 5.56 Å². The first-order chi connectivity index (χ1) is 14.4. The first kappa shape index (κ1) is 24.4. The number of carbonyl (C=O) groups is 1. The molecular weight excluding hydrogens is 410 g/mol. The van der Waals surface area contributed by atoms with E-state index in [0.717, 1.165) is 10.4 Å². The third-order valence-corrected chi connectivity index (χ3v) is 6.05. The molecule has 5 N–H and O–H groups in total. The van der Waals surface area contributed by atoms with Crippen LogP contribution in [0, 0.1) is 12.3 Å². The van der Waals surface area contributed by atoms with E-state index in [1.807, 2.05) is 26.0 Å². The Kier molecular flexibility index (Phi) is 7.49. The SMILES string of the molecule is CCc1ccc([NH+]=C(N)C(=[N-])N[C@@H](c2ccc(C)s2)C(C)(C)C)c(O)c1C(=O)N(C)C. The molecule has 1 amide bonds. The summed E-state index contributed by atoms with van der Waals surface area (Å²) < 4.78 is 0. The maximum Gasteiger partial charge on any atom is 0.269 e. The molecule has 0 unspecified atom stereocenters. The number of carbonyl (C=O) groups excluding carboxylic acids is 1. The Morgan fingerprint density at radius 1 is 1.29 bits per heavy atom. The minimum atomic E-state index is -0.302. The van der Waals surface area contributed by atoms with E-state index in [-0.39, 0.29) is 46.0 Å². The monoisotopic (exact) mass is 443 g/mol. The van der Waals surface area contributed by atoms with Gasteiger partial charge in [-0.25, -0.2) is 4.99 Å². The van der Waals surface area contributed by atoms with Gasteiger partial charge < -0.3 is 20.7 Å². The molecule has 1 atom stereocenters. The molecule has 0 aliphatic heterocycles. The van der Waals surface area contributed by atoms with Crippen LogP contribution in [0.5, 0.6) is 5.75 Å². The molecule has 0 bridgehead atoms. The highest BCUT2D eigenvalue weighted by atomic mass is 32.1. The Bertz CT molecular complexity index is 1000. The van der Waals surface area contributed by atoms with Crippen LogP contribution < -0.4 is 16.0 Å². The summed E-state index contributed by atoms with van der Waals surface area (Å²) in [4.78, 5) is 19.1. The van der Waals surface area contributed by atoms with E-state index >= 15 is 0 Å². The van der Waals surface area contributed by atoms with Crippen molar-refractivity contribution >= 4 is 34.6 Å². The number of benzene rings is 1. The zero-order valence-corrected chi connectivity index (χ0v) is 20.1. The van der Waals surface area contributed by atoms with E-state index in [9.17, 15) is 15.3 Å². The summed E-state index contributed by atoms with van der Waals surface area (Å²) in [6.45, 7) is 10.2. The van der Waals surface area contributed by atoms with Gasteiger partial charge in [0.25, 0.3) is 11.7 Å². The van der Waals surface area contributed by atoms with Gasteiger partial charge in [-0.3, -0.25) is 10.5 Å². The van der Waals surface area contributed by atoms with Crippen molar-refractivity contribution in [2.24, 2.45) is 11.1 Å². The van der Waals surface area contributed by atoms with Gasteiger partial charge in [0, 0.05) is 29.7 Å². The number of nitrogens with zero attached hydrogens (tertiary/aromatic N) is 2. The lowest BCUT2D eigenvalue weighted by molar-refractivity contribution is -0.353. The number of rotatable bonds is 5. The Morgan fingerprint density at radius 3 is 2.42 bits per heavy atom. The highest BCUT2D eigenvalue weighted by Gasteiger charge is 2.26. The summed E-state index contributed by atoms with van der Waals surface area (Å²) in [7, 11) is 3.26. The fourth-order valence-electron chi connectivity index (χ4n) is 3.23. The zero-order chi connectivity index (χ0) is 23.5. The summed E-state index contributed by atoms with van der Waals surface area (Å²) in [5, 5.41) is 24.5. The maximum atomic E-state index is 12.6. The normalized spacial score (nSPS) is 13.1. The molecular formula is C23H33N5O2S. The van der Waals surface area contributed by atoms with E-state index in [1.165, 1.54) is 9.78 Å². The highest BCUT2D eigenvalue weighted by molar-refractivity contribution is 7.12. The molecule has 31 heavy (non-hydrogen) atoms. The molecule has 0 saturated carbocycles. The number of amides is 1. The Morgan fingerprint density at radius 2 is 1.94 bits per heavy atom. The molecule has 7 nitrogen and oxygen atoms in total. The number of hydrogen-bond acceptors (Lipinski definition) is 3. The zero-order valence-electron chi connectivity index (χ0n) is 19.3. The van der Waals surface area contributed by atoms with Crippen molar-refractivity contribution in [3.8, 4) is 5.75 Å². The van der Waals surface area contributed by atoms with Crippen LogP contribution in [0.15, 0.2) is 24.3 Å². The lowest BCUT2D eigenvalue weighted by Crippen LogP contribution is -2.73. The standard InChI is InChI=1S/C23H32N5O2S/c1-8-14-10-11-15(18(29)17(14)22(30)28(6)7)26-20(24)21(25)27-19(23(3,4)5)16-12-9-13(2)31-16/h9-12,19H,8H2,1-7H3,(H4-,24,25,26,27,29,30)/q-1/p+1/t19-/m0/s1. The predicted molar refractivity (Wildman–Crippen MR) is 128 cm³/mol. The fourth-order valence-corrected chi connectivity index (χ4v) is 4.41. The smallest absolute Gasteiger partial charge is 0.269 e. The number of amidine groups is 2. The quantitative estimate of drug-likeness (QED) is 0.323. The van der Waals surface area contributed by atoms with Crippen molar-refractivity contribution in [1.29, 1.82) is 0 Å². The summed E-state index contributed by atoms with van der Waals surface area (Å²) in [6.07, 6.45) is 0.592. The molecule has 0 aliphatic carbocycles. The van der Waals surface area contributed by atoms with Crippen LogP contribution in [-0.4, -0.2) is 41.7 Å². The van der Waals surface area contributed by atoms with E-state index in [1.54, 1.807) is 37.6 Å². The van der Waals surface area contributed by atoms with Gasteiger partial charge in [-0.05, 0) is 48.6 Å². The molecule has 2 rings (SSSR count). The van der Waals surface area contributed by atoms with Gasteiger partial charge in [-0.15, -0.1) is 11.3 Å². The number of aryl methyl sites for hydroxylation is 2. The molecule has 0 fully saturated rings. The van der Waals surface area contributed by atoms with Gasteiger partial charge in [-0.2, -0.15) is 0 Å². The minimum Gasteiger partial charge on any atom is -0.503 e. The molecule has 8 heteroatoms. The molecule has 1 heterocycles. The number of phenols is 1. The second-order valence-electron chi connectivity index (χ2n) is 8.83. The Hall–Kier alpha value is -2.87. The molecule has 0 aliphatic rings. The summed E-state index contributed by atoms with van der Waals surface area (Å²) in [6, 6.07) is 7.31. The predicted octanol–water partition coefficient (Wildman–Crippen LogP) is 2.44. The minimum absolute atomic E-state index is 0.0506. The van der Waals surface area contributed by atoms with Gasteiger partial charge in [0.15, 0.2) is 11.4 Å². The first-order valence-corrected chi connectivity index (χ1v) is 11.0. The van der Waals surface area contributed by atoms with Crippen molar-refractivity contribution in [3.05, 3.63) is 50.6 Å². The van der Waals surface area contributed by atoms with Crippen molar-refractivity contribution in [3.63, 3.8) is 0 Å². The highest BCUT2D eigenvalue weighted by Crippen LogP contribution is 2.36. The van der Waals surface area contributed by atoms with Crippen LogP contribution in [-0.2, 0) is 6.42 Å². The number of thiophene rings is 1. The molecule has 168 valence electrons. The average Bonchev–Trinajstić information content (AvgIpc) is 3.11. The van der Waals surface area contributed by atoms with Crippen LogP contribution in [0.2, 0.25) is 0 Å². The molecule has 1 aromatic carbocycles. The lowest BCUT2D eigenvalue weighted by atomic mass is 9.85. The Balaban J connectivity index is 2.38. The van der Waals surface area contributed by atoms with Gasteiger partial charge in [-0.1, -0.05) is 33.8 Å². The summed E-state index contributed by atoms with van der Waals surface area (Å²) >= 11 is 1.66.